The zero-order valence-corrected chi connectivity index (χ0v) is 11.7. The summed E-state index contributed by atoms with van der Waals surface area (Å²) in [5.41, 5.74) is 8.57. The molecular formula is C13H16ClN3S. The molecule has 1 atom stereocenters. The van der Waals surface area contributed by atoms with Crippen LogP contribution < -0.4 is 5.73 Å². The Morgan fingerprint density at radius 1 is 1.39 bits per heavy atom. The lowest BCUT2D eigenvalue weighted by Gasteiger charge is -2.20. The van der Waals surface area contributed by atoms with E-state index in [9.17, 15) is 0 Å². The summed E-state index contributed by atoms with van der Waals surface area (Å²) >= 11 is 7.63. The van der Waals surface area contributed by atoms with Gasteiger partial charge in [-0.05, 0) is 37.8 Å². The molecule has 0 aliphatic heterocycles. The quantitative estimate of drug-likeness (QED) is 0.940. The molecule has 0 fully saturated rings. The van der Waals surface area contributed by atoms with Crippen molar-refractivity contribution >= 4 is 22.9 Å². The Bertz CT molecular complexity index is 546. The van der Waals surface area contributed by atoms with Crippen LogP contribution in [0.1, 0.15) is 35.1 Å². The molecule has 0 saturated carbocycles. The number of halogens is 1. The minimum Gasteiger partial charge on any atom is -0.328 e. The van der Waals surface area contributed by atoms with Gasteiger partial charge in [-0.25, -0.2) is 4.98 Å². The minimum atomic E-state index is 0.178. The van der Waals surface area contributed by atoms with Crippen molar-refractivity contribution in [1.29, 1.82) is 0 Å². The van der Waals surface area contributed by atoms with Crippen molar-refractivity contribution in [3.63, 3.8) is 0 Å². The average Bonchev–Trinajstić information content (AvgIpc) is 2.98. The van der Waals surface area contributed by atoms with Crippen LogP contribution in [0.2, 0.25) is 4.34 Å². The molecular weight excluding hydrogens is 266 g/mol. The van der Waals surface area contributed by atoms with Gasteiger partial charge in [0, 0.05) is 17.1 Å². The Labute approximate surface area is 116 Å². The third-order valence-electron chi connectivity index (χ3n) is 3.54. The van der Waals surface area contributed by atoms with Gasteiger partial charge in [0.05, 0.1) is 22.4 Å². The Balaban J connectivity index is 1.99. The van der Waals surface area contributed by atoms with Gasteiger partial charge in [-0.2, -0.15) is 0 Å². The molecule has 2 heterocycles. The monoisotopic (exact) mass is 281 g/mol. The number of nitrogens with zero attached hydrogens (tertiary/aromatic N) is 2. The molecule has 1 aliphatic rings. The van der Waals surface area contributed by atoms with Crippen molar-refractivity contribution in [2.45, 2.75) is 31.7 Å². The summed E-state index contributed by atoms with van der Waals surface area (Å²) in [6, 6.07) is 4.18. The van der Waals surface area contributed by atoms with Crippen molar-refractivity contribution in [1.82, 2.24) is 9.55 Å². The van der Waals surface area contributed by atoms with Crippen LogP contribution in [0.3, 0.4) is 0 Å². The highest BCUT2D eigenvalue weighted by Gasteiger charge is 2.21. The Morgan fingerprint density at radius 2 is 2.22 bits per heavy atom. The summed E-state index contributed by atoms with van der Waals surface area (Å²) in [5, 5.41) is 0. The zero-order chi connectivity index (χ0) is 12.5. The van der Waals surface area contributed by atoms with Crippen LogP contribution in [0.5, 0.6) is 0 Å². The van der Waals surface area contributed by atoms with E-state index in [-0.39, 0.29) is 6.04 Å². The maximum absolute atomic E-state index is 6.02. The lowest BCUT2D eigenvalue weighted by atomic mass is 10.0. The van der Waals surface area contributed by atoms with Gasteiger partial charge in [-0.3, -0.25) is 0 Å². The highest BCUT2D eigenvalue weighted by atomic mass is 35.5. The second-order valence-corrected chi connectivity index (χ2v) is 6.39. The van der Waals surface area contributed by atoms with E-state index in [0.717, 1.165) is 17.2 Å². The molecule has 0 amide bonds. The molecule has 3 nitrogen and oxygen atoms in total. The van der Waals surface area contributed by atoms with Gasteiger partial charge < -0.3 is 10.3 Å². The lowest BCUT2D eigenvalue weighted by molar-refractivity contribution is 0.553. The van der Waals surface area contributed by atoms with Crippen LogP contribution in [0.15, 0.2) is 18.5 Å². The Hall–Kier alpha value is -0.840. The number of aryl methyl sites for hydroxylation is 1. The standard InChI is InChI=1S/C13H16ClN3S/c14-13-6-5-12(18-13)11(7-15)17-8-16-9-3-1-2-4-10(9)17/h5-6,8,11H,1-4,7,15H2. The summed E-state index contributed by atoms with van der Waals surface area (Å²) in [5.74, 6) is 0. The van der Waals surface area contributed by atoms with Crippen LogP contribution in [0, 0.1) is 0 Å². The molecule has 0 radical (unpaired) electrons. The van der Waals surface area contributed by atoms with Gasteiger partial charge >= 0.3 is 0 Å². The third-order valence-corrected chi connectivity index (χ3v) is 4.87. The lowest BCUT2D eigenvalue weighted by Crippen LogP contribution is -2.21. The summed E-state index contributed by atoms with van der Waals surface area (Å²) in [4.78, 5) is 5.75. The fourth-order valence-electron chi connectivity index (χ4n) is 2.63. The van der Waals surface area contributed by atoms with Crippen LogP contribution in [-0.2, 0) is 12.8 Å². The van der Waals surface area contributed by atoms with Crippen molar-refractivity contribution in [3.05, 3.63) is 39.1 Å². The van der Waals surface area contributed by atoms with Gasteiger partial charge in [-0.1, -0.05) is 11.6 Å². The van der Waals surface area contributed by atoms with Gasteiger partial charge in [0.2, 0.25) is 0 Å². The fraction of sp³-hybridized carbons (Fsp3) is 0.462. The maximum atomic E-state index is 6.02. The molecule has 5 heteroatoms. The molecule has 0 spiro atoms. The van der Waals surface area contributed by atoms with Crippen LogP contribution >= 0.6 is 22.9 Å². The second-order valence-electron chi connectivity index (χ2n) is 4.65. The minimum absolute atomic E-state index is 0.178. The van der Waals surface area contributed by atoms with E-state index >= 15 is 0 Å². The normalized spacial score (nSPS) is 16.6. The SMILES string of the molecule is NCC(c1ccc(Cl)s1)n1cnc2c1CCCC2. The summed E-state index contributed by atoms with van der Waals surface area (Å²) in [7, 11) is 0. The van der Waals surface area contributed by atoms with E-state index < -0.39 is 0 Å². The summed E-state index contributed by atoms with van der Waals surface area (Å²) < 4.78 is 3.06. The first-order valence-corrected chi connectivity index (χ1v) is 7.49. The number of hydrogen-bond donors (Lipinski definition) is 1. The first-order valence-electron chi connectivity index (χ1n) is 6.29. The number of nitrogens with two attached hydrogens (primary N) is 1. The molecule has 1 aliphatic carbocycles. The van der Waals surface area contributed by atoms with Crippen LogP contribution in [0.4, 0.5) is 0 Å². The van der Waals surface area contributed by atoms with E-state index in [4.69, 9.17) is 17.3 Å². The van der Waals surface area contributed by atoms with Gasteiger partial charge in [0.25, 0.3) is 0 Å². The van der Waals surface area contributed by atoms with Crippen LogP contribution in [0.25, 0.3) is 0 Å². The van der Waals surface area contributed by atoms with Crippen molar-refractivity contribution in [3.8, 4) is 0 Å². The molecule has 1 unspecified atom stereocenters. The number of thiophene rings is 1. The van der Waals surface area contributed by atoms with E-state index in [2.05, 4.69) is 15.6 Å². The molecule has 2 aromatic heterocycles. The molecule has 18 heavy (non-hydrogen) atoms. The smallest absolute Gasteiger partial charge is 0.0958 e. The average molecular weight is 282 g/mol. The molecule has 96 valence electrons. The molecule has 0 aromatic carbocycles. The zero-order valence-electron chi connectivity index (χ0n) is 10.1. The second kappa shape index (κ2) is 5.03. The molecule has 3 rings (SSSR count). The summed E-state index contributed by atoms with van der Waals surface area (Å²) in [6.07, 6.45) is 6.67. The number of fused-ring (bicyclic) bond motifs is 1. The number of hydrogen-bond acceptors (Lipinski definition) is 3. The Kier molecular flexibility index (Phi) is 3.41. The number of imidazole rings is 1. The fourth-order valence-corrected chi connectivity index (χ4v) is 3.81. The van der Waals surface area contributed by atoms with Gasteiger partial charge in [-0.15, -0.1) is 11.3 Å². The van der Waals surface area contributed by atoms with Gasteiger partial charge in [0.15, 0.2) is 0 Å². The van der Waals surface area contributed by atoms with Gasteiger partial charge in [0.1, 0.15) is 0 Å². The predicted molar refractivity (Wildman–Crippen MR) is 75.4 cm³/mol. The molecule has 2 aromatic rings. The highest BCUT2D eigenvalue weighted by Crippen LogP contribution is 2.31. The summed E-state index contributed by atoms with van der Waals surface area (Å²) in [6.45, 7) is 0.583. The van der Waals surface area contributed by atoms with Crippen LogP contribution in [-0.4, -0.2) is 16.1 Å². The Morgan fingerprint density at radius 3 is 2.94 bits per heavy atom. The first kappa shape index (κ1) is 12.2. The molecule has 0 bridgehead atoms. The predicted octanol–water partition coefficient (Wildman–Crippen LogP) is 3.02. The van der Waals surface area contributed by atoms with E-state index in [1.165, 1.54) is 29.1 Å². The highest BCUT2D eigenvalue weighted by molar-refractivity contribution is 7.16. The maximum Gasteiger partial charge on any atom is 0.0958 e. The largest absolute Gasteiger partial charge is 0.328 e. The van der Waals surface area contributed by atoms with E-state index in [1.54, 1.807) is 11.3 Å². The first-order chi connectivity index (χ1) is 8.79. The van der Waals surface area contributed by atoms with Crippen molar-refractivity contribution in [2.75, 3.05) is 6.54 Å². The van der Waals surface area contributed by atoms with Crippen molar-refractivity contribution < 1.29 is 0 Å². The van der Waals surface area contributed by atoms with E-state index in [0.29, 0.717) is 6.54 Å². The third kappa shape index (κ3) is 2.09. The molecule has 2 N–H and O–H groups in total. The van der Waals surface area contributed by atoms with Crippen molar-refractivity contribution in [2.24, 2.45) is 5.73 Å². The number of rotatable bonds is 3. The van der Waals surface area contributed by atoms with E-state index in [1.807, 2.05) is 12.4 Å². The number of aromatic nitrogens is 2. The topological polar surface area (TPSA) is 43.8 Å². The molecule has 0 saturated heterocycles.